The minimum absolute atomic E-state index is 0.0181. The molecule has 8 heteroatoms. The summed E-state index contributed by atoms with van der Waals surface area (Å²) in [5.41, 5.74) is 0.857. The molecule has 1 aliphatic rings. The Morgan fingerprint density at radius 2 is 2.08 bits per heavy atom. The van der Waals surface area contributed by atoms with Crippen LogP contribution in [0, 0.1) is 0 Å². The van der Waals surface area contributed by atoms with Gasteiger partial charge in [0.15, 0.2) is 0 Å². The highest BCUT2D eigenvalue weighted by Crippen LogP contribution is 2.14. The van der Waals surface area contributed by atoms with Gasteiger partial charge in [0, 0.05) is 32.6 Å². The molecule has 1 aromatic heterocycles. The second-order valence-corrected chi connectivity index (χ2v) is 5.76. The molecule has 3 amide bonds. The number of anilines is 1. The molecule has 132 valence electrons. The highest BCUT2D eigenvalue weighted by molar-refractivity contribution is 5.88. The first-order chi connectivity index (χ1) is 12.1. The Morgan fingerprint density at radius 3 is 2.84 bits per heavy atom. The standard InChI is InChI=1S/C17H21N5O3/c1-13(23)21-9-10-25-15(12-21)11-18-17(24)20-16-7-8-19-22(16)14-5-3-2-4-6-14/h2-8,15H,9-12H2,1H3,(H2,18,20,24)/t15-/m0/s1. The predicted octanol–water partition coefficient (Wildman–Crippen LogP) is 1.24. The topological polar surface area (TPSA) is 88.5 Å². The first-order valence-electron chi connectivity index (χ1n) is 8.15. The third-order valence-corrected chi connectivity index (χ3v) is 3.96. The number of benzene rings is 1. The van der Waals surface area contributed by atoms with E-state index < -0.39 is 0 Å². The summed E-state index contributed by atoms with van der Waals surface area (Å²) < 4.78 is 7.23. The van der Waals surface area contributed by atoms with E-state index in [4.69, 9.17) is 4.74 Å². The van der Waals surface area contributed by atoms with Crippen molar-refractivity contribution in [3.8, 4) is 5.69 Å². The molecule has 2 heterocycles. The van der Waals surface area contributed by atoms with Gasteiger partial charge in [-0.1, -0.05) is 18.2 Å². The number of carbonyl (C=O) groups excluding carboxylic acids is 2. The Balaban J connectivity index is 1.54. The highest BCUT2D eigenvalue weighted by Gasteiger charge is 2.22. The lowest BCUT2D eigenvalue weighted by Gasteiger charge is -2.32. The Kier molecular flexibility index (Phi) is 5.30. The van der Waals surface area contributed by atoms with Gasteiger partial charge in [-0.3, -0.25) is 10.1 Å². The van der Waals surface area contributed by atoms with Crippen molar-refractivity contribution in [2.24, 2.45) is 0 Å². The third kappa shape index (κ3) is 4.36. The van der Waals surface area contributed by atoms with Crippen LogP contribution in [0.2, 0.25) is 0 Å². The van der Waals surface area contributed by atoms with Gasteiger partial charge in [0.2, 0.25) is 5.91 Å². The van der Waals surface area contributed by atoms with Crippen molar-refractivity contribution in [3.63, 3.8) is 0 Å². The van der Waals surface area contributed by atoms with Crippen molar-refractivity contribution in [1.82, 2.24) is 20.0 Å². The summed E-state index contributed by atoms with van der Waals surface area (Å²) in [6.07, 6.45) is 1.42. The van der Waals surface area contributed by atoms with Crippen LogP contribution in [-0.4, -0.2) is 59.0 Å². The minimum Gasteiger partial charge on any atom is -0.373 e. The van der Waals surface area contributed by atoms with Gasteiger partial charge in [-0.05, 0) is 12.1 Å². The second-order valence-electron chi connectivity index (χ2n) is 5.76. The molecule has 8 nitrogen and oxygen atoms in total. The fraction of sp³-hybridized carbons (Fsp3) is 0.353. The summed E-state index contributed by atoms with van der Waals surface area (Å²) in [7, 11) is 0. The molecule has 3 rings (SSSR count). The van der Waals surface area contributed by atoms with Gasteiger partial charge in [-0.25, -0.2) is 9.48 Å². The average Bonchev–Trinajstić information content (AvgIpc) is 3.09. The van der Waals surface area contributed by atoms with E-state index >= 15 is 0 Å². The molecule has 0 radical (unpaired) electrons. The normalized spacial score (nSPS) is 17.2. The largest absolute Gasteiger partial charge is 0.373 e. The maximum Gasteiger partial charge on any atom is 0.320 e. The van der Waals surface area contributed by atoms with Crippen LogP contribution in [0.25, 0.3) is 5.69 Å². The molecular weight excluding hydrogens is 322 g/mol. The van der Waals surface area contributed by atoms with Crippen molar-refractivity contribution in [3.05, 3.63) is 42.6 Å². The lowest BCUT2D eigenvalue weighted by atomic mass is 10.2. The lowest BCUT2D eigenvalue weighted by Crippen LogP contribution is -2.49. The van der Waals surface area contributed by atoms with Gasteiger partial charge < -0.3 is 15.0 Å². The second kappa shape index (κ2) is 7.80. The molecule has 1 aliphatic heterocycles. The minimum atomic E-state index is -0.346. The van der Waals surface area contributed by atoms with E-state index in [1.807, 2.05) is 30.3 Å². The molecular formula is C17H21N5O3. The highest BCUT2D eigenvalue weighted by atomic mass is 16.5. The van der Waals surface area contributed by atoms with Gasteiger partial charge in [0.25, 0.3) is 0 Å². The number of carbonyl (C=O) groups is 2. The molecule has 0 aliphatic carbocycles. The fourth-order valence-electron chi connectivity index (χ4n) is 2.67. The first kappa shape index (κ1) is 17.0. The fourth-order valence-corrected chi connectivity index (χ4v) is 2.67. The Hall–Kier alpha value is -2.87. The zero-order valence-corrected chi connectivity index (χ0v) is 14.0. The molecule has 0 spiro atoms. The summed E-state index contributed by atoms with van der Waals surface area (Å²) in [4.78, 5) is 25.3. The van der Waals surface area contributed by atoms with E-state index in [2.05, 4.69) is 15.7 Å². The molecule has 0 unspecified atom stereocenters. The number of nitrogens with zero attached hydrogens (tertiary/aromatic N) is 3. The van der Waals surface area contributed by atoms with E-state index in [1.165, 1.54) is 6.92 Å². The predicted molar refractivity (Wildman–Crippen MR) is 92.6 cm³/mol. The van der Waals surface area contributed by atoms with Crippen molar-refractivity contribution in [2.75, 3.05) is 31.6 Å². The SMILES string of the molecule is CC(=O)N1CCO[C@@H](CNC(=O)Nc2ccnn2-c2ccccc2)C1. The molecule has 1 fully saturated rings. The van der Waals surface area contributed by atoms with Crippen LogP contribution in [0.5, 0.6) is 0 Å². The Bertz CT molecular complexity index is 731. The number of hydrogen-bond acceptors (Lipinski definition) is 4. The lowest BCUT2D eigenvalue weighted by molar-refractivity contribution is -0.136. The van der Waals surface area contributed by atoms with Crippen LogP contribution >= 0.6 is 0 Å². The third-order valence-electron chi connectivity index (χ3n) is 3.96. The number of morpholine rings is 1. The van der Waals surface area contributed by atoms with Crippen LogP contribution < -0.4 is 10.6 Å². The quantitative estimate of drug-likeness (QED) is 0.874. The monoisotopic (exact) mass is 343 g/mol. The number of para-hydroxylation sites is 1. The molecule has 2 N–H and O–H groups in total. The summed E-state index contributed by atoms with van der Waals surface area (Å²) in [5, 5.41) is 9.78. The van der Waals surface area contributed by atoms with Crippen LogP contribution in [0.4, 0.5) is 10.6 Å². The Morgan fingerprint density at radius 1 is 1.28 bits per heavy atom. The maximum atomic E-state index is 12.2. The van der Waals surface area contributed by atoms with Crippen molar-refractivity contribution in [1.29, 1.82) is 0 Å². The van der Waals surface area contributed by atoms with E-state index in [0.717, 1.165) is 5.69 Å². The van der Waals surface area contributed by atoms with Crippen LogP contribution in [-0.2, 0) is 9.53 Å². The molecule has 1 saturated heterocycles. The summed E-state index contributed by atoms with van der Waals surface area (Å²) >= 11 is 0. The summed E-state index contributed by atoms with van der Waals surface area (Å²) in [5.74, 6) is 0.586. The summed E-state index contributed by atoms with van der Waals surface area (Å²) in [6, 6.07) is 10.9. The van der Waals surface area contributed by atoms with Gasteiger partial charge in [-0.15, -0.1) is 0 Å². The van der Waals surface area contributed by atoms with Crippen LogP contribution in [0.15, 0.2) is 42.6 Å². The molecule has 1 aromatic carbocycles. The van der Waals surface area contributed by atoms with Gasteiger partial charge in [0.05, 0.1) is 24.6 Å². The molecule has 2 aromatic rings. The number of nitrogens with one attached hydrogen (secondary N) is 2. The van der Waals surface area contributed by atoms with Crippen molar-refractivity contribution in [2.45, 2.75) is 13.0 Å². The van der Waals surface area contributed by atoms with Crippen molar-refractivity contribution >= 4 is 17.8 Å². The number of amides is 3. The van der Waals surface area contributed by atoms with E-state index in [9.17, 15) is 9.59 Å². The molecule has 25 heavy (non-hydrogen) atoms. The van der Waals surface area contributed by atoms with E-state index in [-0.39, 0.29) is 18.0 Å². The van der Waals surface area contributed by atoms with Gasteiger partial charge in [-0.2, -0.15) is 5.10 Å². The Labute approximate surface area is 145 Å². The number of aromatic nitrogens is 2. The summed E-state index contributed by atoms with van der Waals surface area (Å²) in [6.45, 7) is 3.42. The van der Waals surface area contributed by atoms with Crippen molar-refractivity contribution < 1.29 is 14.3 Å². The number of rotatable bonds is 4. The smallest absolute Gasteiger partial charge is 0.320 e. The number of urea groups is 1. The number of ether oxygens (including phenoxy) is 1. The van der Waals surface area contributed by atoms with Crippen LogP contribution in [0.1, 0.15) is 6.92 Å². The molecule has 1 atom stereocenters. The zero-order valence-electron chi connectivity index (χ0n) is 14.0. The maximum absolute atomic E-state index is 12.2. The van der Waals surface area contributed by atoms with Crippen LogP contribution in [0.3, 0.4) is 0 Å². The van der Waals surface area contributed by atoms with E-state index in [0.29, 0.717) is 32.1 Å². The zero-order chi connectivity index (χ0) is 17.6. The average molecular weight is 343 g/mol. The van der Waals surface area contributed by atoms with E-state index in [1.54, 1.807) is 21.8 Å². The number of hydrogen-bond donors (Lipinski definition) is 2. The van der Waals surface area contributed by atoms with Gasteiger partial charge in [0.1, 0.15) is 5.82 Å². The first-order valence-corrected chi connectivity index (χ1v) is 8.15. The van der Waals surface area contributed by atoms with Gasteiger partial charge >= 0.3 is 6.03 Å². The molecule has 0 bridgehead atoms. The molecule has 0 saturated carbocycles.